The molecule has 18 heavy (non-hydrogen) atoms. The molecule has 0 amide bonds. The van der Waals surface area contributed by atoms with Crippen molar-refractivity contribution in [3.05, 3.63) is 29.1 Å². The number of nitrogens with two attached hydrogens (primary N) is 1. The van der Waals surface area contributed by atoms with Crippen molar-refractivity contribution in [3.63, 3.8) is 0 Å². The second-order valence-corrected chi connectivity index (χ2v) is 4.82. The molecule has 0 spiro atoms. The number of carboxylic acids is 1. The maximum atomic E-state index is 13.3. The first-order valence-electron chi connectivity index (χ1n) is 5.33. The van der Waals surface area contributed by atoms with Crippen LogP contribution in [0.4, 0.5) is 4.39 Å². The molecule has 0 radical (unpaired) electrons. The van der Waals surface area contributed by atoms with Gasteiger partial charge in [0.2, 0.25) is 0 Å². The zero-order valence-electron chi connectivity index (χ0n) is 10.1. The lowest BCUT2D eigenvalue weighted by molar-refractivity contribution is 0.0692. The van der Waals surface area contributed by atoms with Gasteiger partial charge in [-0.1, -0.05) is 13.8 Å². The summed E-state index contributed by atoms with van der Waals surface area (Å²) in [5, 5.41) is 27.8. The second kappa shape index (κ2) is 4.91. The Bertz CT molecular complexity index is 473. The van der Waals surface area contributed by atoms with E-state index in [0.29, 0.717) is 0 Å². The van der Waals surface area contributed by atoms with Gasteiger partial charge in [0, 0.05) is 23.6 Å². The van der Waals surface area contributed by atoms with Crippen molar-refractivity contribution in [1.82, 2.24) is 0 Å². The van der Waals surface area contributed by atoms with Crippen LogP contribution in [-0.2, 0) is 0 Å². The Morgan fingerprint density at radius 1 is 1.50 bits per heavy atom. The van der Waals surface area contributed by atoms with Gasteiger partial charge in [-0.15, -0.1) is 0 Å². The fourth-order valence-electron chi connectivity index (χ4n) is 1.54. The van der Waals surface area contributed by atoms with Crippen molar-refractivity contribution in [3.8, 4) is 5.75 Å². The Labute approximate surface area is 104 Å². The van der Waals surface area contributed by atoms with Gasteiger partial charge in [-0.25, -0.2) is 9.18 Å². The quantitative estimate of drug-likeness (QED) is 0.650. The van der Waals surface area contributed by atoms with Gasteiger partial charge in [-0.2, -0.15) is 0 Å². The topological polar surface area (TPSA) is 104 Å². The molecule has 5 nitrogen and oxygen atoms in total. The summed E-state index contributed by atoms with van der Waals surface area (Å²) in [5.74, 6) is -2.82. The minimum absolute atomic E-state index is 0.0357. The van der Waals surface area contributed by atoms with Crippen LogP contribution < -0.4 is 5.73 Å². The molecule has 0 bridgehead atoms. The number of halogens is 1. The summed E-state index contributed by atoms with van der Waals surface area (Å²) in [5.41, 5.74) is 4.44. The van der Waals surface area contributed by atoms with Crippen molar-refractivity contribution in [2.24, 2.45) is 11.1 Å². The number of aromatic hydroxyl groups is 1. The molecule has 0 heterocycles. The van der Waals surface area contributed by atoms with E-state index in [2.05, 4.69) is 0 Å². The summed E-state index contributed by atoms with van der Waals surface area (Å²) < 4.78 is 13.3. The van der Waals surface area contributed by atoms with E-state index < -0.39 is 34.6 Å². The maximum Gasteiger partial charge on any atom is 0.339 e. The van der Waals surface area contributed by atoms with E-state index in [-0.39, 0.29) is 12.2 Å². The summed E-state index contributed by atoms with van der Waals surface area (Å²) in [7, 11) is 0. The lowest BCUT2D eigenvalue weighted by Crippen LogP contribution is -2.32. The van der Waals surface area contributed by atoms with Crippen LogP contribution in [0.5, 0.6) is 5.75 Å². The van der Waals surface area contributed by atoms with Crippen molar-refractivity contribution < 1.29 is 24.5 Å². The monoisotopic (exact) mass is 257 g/mol. The van der Waals surface area contributed by atoms with Gasteiger partial charge in [-0.05, 0) is 12.1 Å². The van der Waals surface area contributed by atoms with Gasteiger partial charge >= 0.3 is 5.97 Å². The second-order valence-electron chi connectivity index (χ2n) is 4.82. The van der Waals surface area contributed by atoms with Gasteiger partial charge in [0.25, 0.3) is 0 Å². The first kappa shape index (κ1) is 14.4. The molecule has 1 rings (SSSR count). The lowest BCUT2D eigenvalue weighted by Gasteiger charge is -2.30. The highest BCUT2D eigenvalue weighted by atomic mass is 19.1. The number of benzene rings is 1. The number of hydrogen-bond donors (Lipinski definition) is 4. The first-order chi connectivity index (χ1) is 8.20. The molecule has 1 aromatic carbocycles. The smallest absolute Gasteiger partial charge is 0.339 e. The average Bonchev–Trinajstić information content (AvgIpc) is 2.30. The largest absolute Gasteiger partial charge is 0.507 e. The Kier molecular flexibility index (Phi) is 3.93. The van der Waals surface area contributed by atoms with Crippen LogP contribution in [0, 0.1) is 11.2 Å². The molecular weight excluding hydrogens is 241 g/mol. The van der Waals surface area contributed by atoms with E-state index in [4.69, 9.17) is 10.8 Å². The molecule has 0 aliphatic carbocycles. The van der Waals surface area contributed by atoms with Crippen LogP contribution in [0.15, 0.2) is 12.1 Å². The highest BCUT2D eigenvalue weighted by Crippen LogP contribution is 2.37. The van der Waals surface area contributed by atoms with Crippen LogP contribution in [-0.4, -0.2) is 27.9 Å². The highest BCUT2D eigenvalue weighted by molar-refractivity contribution is 5.91. The van der Waals surface area contributed by atoms with Gasteiger partial charge in [0.1, 0.15) is 17.1 Å². The summed E-state index contributed by atoms with van der Waals surface area (Å²) in [6.07, 6.45) is 0. The van der Waals surface area contributed by atoms with E-state index >= 15 is 0 Å². The number of aromatic carboxylic acids is 1. The molecule has 0 saturated carbocycles. The Morgan fingerprint density at radius 3 is 2.50 bits per heavy atom. The molecule has 1 aromatic rings. The number of carbonyl (C=O) groups is 1. The molecule has 1 atom stereocenters. The maximum absolute atomic E-state index is 13.3. The van der Waals surface area contributed by atoms with Gasteiger partial charge in [0.15, 0.2) is 0 Å². The highest BCUT2D eigenvalue weighted by Gasteiger charge is 2.31. The first-order valence-corrected chi connectivity index (χ1v) is 5.33. The van der Waals surface area contributed by atoms with E-state index in [0.717, 1.165) is 12.1 Å². The fraction of sp³-hybridized carbons (Fsp3) is 0.417. The summed E-state index contributed by atoms with van der Waals surface area (Å²) in [4.78, 5) is 10.9. The molecule has 0 aromatic heterocycles. The van der Waals surface area contributed by atoms with Crippen LogP contribution in [0.2, 0.25) is 0 Å². The van der Waals surface area contributed by atoms with Crippen LogP contribution in [0.25, 0.3) is 0 Å². The normalized spacial score (nSPS) is 13.4. The third kappa shape index (κ3) is 2.60. The Hall–Kier alpha value is -1.66. The fourth-order valence-corrected chi connectivity index (χ4v) is 1.54. The van der Waals surface area contributed by atoms with Crippen molar-refractivity contribution in [1.29, 1.82) is 0 Å². The zero-order valence-corrected chi connectivity index (χ0v) is 10.1. The molecule has 0 unspecified atom stereocenters. The minimum Gasteiger partial charge on any atom is -0.507 e. The molecule has 0 aliphatic heterocycles. The summed E-state index contributed by atoms with van der Waals surface area (Å²) in [6.45, 7) is 2.97. The Morgan fingerprint density at radius 2 is 2.06 bits per heavy atom. The third-order valence-corrected chi connectivity index (χ3v) is 2.92. The zero-order chi connectivity index (χ0) is 14.1. The van der Waals surface area contributed by atoms with Crippen LogP contribution in [0.1, 0.15) is 35.8 Å². The average molecular weight is 257 g/mol. The standard InChI is InChI=1S/C12H16FNO4/c1-12(2,5-15)10(14)7-3-6(13)4-8(9(7)16)11(17)18/h3-4,10,15-16H,5,14H2,1-2H3,(H,17,18)/t10-/m1/s1. The molecule has 6 heteroatoms. The van der Waals surface area contributed by atoms with E-state index in [1.165, 1.54) is 0 Å². The van der Waals surface area contributed by atoms with Crippen molar-refractivity contribution in [2.75, 3.05) is 6.61 Å². The number of hydrogen-bond acceptors (Lipinski definition) is 4. The van der Waals surface area contributed by atoms with E-state index in [1.54, 1.807) is 13.8 Å². The van der Waals surface area contributed by atoms with Gasteiger partial charge < -0.3 is 21.1 Å². The summed E-state index contributed by atoms with van der Waals surface area (Å²) >= 11 is 0. The number of phenols is 1. The summed E-state index contributed by atoms with van der Waals surface area (Å²) in [6, 6.07) is 0.806. The van der Waals surface area contributed by atoms with Crippen molar-refractivity contribution >= 4 is 5.97 Å². The Balaban J connectivity index is 3.37. The number of rotatable bonds is 4. The molecule has 5 N–H and O–H groups in total. The molecule has 0 fully saturated rings. The third-order valence-electron chi connectivity index (χ3n) is 2.92. The SMILES string of the molecule is CC(C)(CO)[C@H](N)c1cc(F)cc(C(=O)O)c1O. The molecule has 100 valence electrons. The van der Waals surface area contributed by atoms with Gasteiger partial charge in [0.05, 0.1) is 0 Å². The molecule has 0 saturated heterocycles. The predicted octanol–water partition coefficient (Wildman–Crippen LogP) is 1.25. The minimum atomic E-state index is -1.44. The van der Waals surface area contributed by atoms with Crippen molar-refractivity contribution in [2.45, 2.75) is 19.9 Å². The molecular formula is C12H16FNO4. The van der Waals surface area contributed by atoms with Gasteiger partial charge in [-0.3, -0.25) is 0 Å². The number of aliphatic hydroxyl groups is 1. The number of carboxylic acid groups (broad SMARTS) is 1. The number of aliphatic hydroxyl groups excluding tert-OH is 1. The van der Waals surface area contributed by atoms with Crippen LogP contribution in [0.3, 0.4) is 0 Å². The predicted molar refractivity (Wildman–Crippen MR) is 62.8 cm³/mol. The van der Waals surface area contributed by atoms with E-state index in [9.17, 15) is 19.4 Å². The molecule has 0 aliphatic rings. The lowest BCUT2D eigenvalue weighted by atomic mass is 9.81. The van der Waals surface area contributed by atoms with Crippen LogP contribution >= 0.6 is 0 Å². The van der Waals surface area contributed by atoms with E-state index in [1.807, 2.05) is 0 Å².